The summed E-state index contributed by atoms with van der Waals surface area (Å²) >= 11 is 0. The Kier molecular flexibility index (Phi) is 9.17. The number of aromatic nitrogens is 2. The molecule has 0 fully saturated rings. The number of rotatable bonds is 11. The van der Waals surface area contributed by atoms with Gasteiger partial charge in [0.15, 0.2) is 5.03 Å². The van der Waals surface area contributed by atoms with Crippen LogP contribution in [0.5, 0.6) is 11.6 Å². The number of aryl methyl sites for hydroxylation is 1. The number of hydrogen-bond donors (Lipinski definition) is 1. The number of carbonyl (C=O) groups excluding carboxylic acids is 1. The Morgan fingerprint density at radius 3 is 2.51 bits per heavy atom. The average Bonchev–Trinajstić information content (AvgIpc) is 2.82. The molecular weight excluding hydrogens is 501 g/mol. The van der Waals surface area contributed by atoms with Crippen LogP contribution in [0.4, 0.5) is 4.39 Å². The number of halogens is 1. The van der Waals surface area contributed by atoms with Crippen LogP contribution < -0.4 is 14.2 Å². The number of nitrogens with zero attached hydrogens (tertiary/aromatic N) is 2. The minimum atomic E-state index is -4.26. The fourth-order valence-corrected chi connectivity index (χ4v) is 4.26. The molecule has 0 radical (unpaired) electrons. The van der Waals surface area contributed by atoms with Crippen molar-refractivity contribution in [3.63, 3.8) is 0 Å². The molecule has 0 saturated heterocycles. The first-order valence-corrected chi connectivity index (χ1v) is 13.1. The zero-order chi connectivity index (χ0) is 27.2. The Morgan fingerprint density at radius 2 is 1.84 bits per heavy atom. The Morgan fingerprint density at radius 1 is 1.08 bits per heavy atom. The smallest absolute Gasteiger partial charge is 0.281 e. The second-order valence-corrected chi connectivity index (χ2v) is 10.5. The number of amides is 1. The van der Waals surface area contributed by atoms with Crippen molar-refractivity contribution < 1.29 is 34.7 Å². The summed E-state index contributed by atoms with van der Waals surface area (Å²) in [5.41, 5.74) is 1.04. The molecule has 0 bridgehead atoms. The highest BCUT2D eigenvalue weighted by atomic mass is 32.2. The fourth-order valence-electron chi connectivity index (χ4n) is 3.28. The van der Waals surface area contributed by atoms with E-state index in [1.54, 1.807) is 26.0 Å². The summed E-state index contributed by atoms with van der Waals surface area (Å²) < 4.78 is 58.4. The zero-order valence-corrected chi connectivity index (χ0v) is 22.1. The summed E-state index contributed by atoms with van der Waals surface area (Å²) in [7, 11) is -2.77. The zero-order valence-electron chi connectivity index (χ0n) is 21.3. The highest BCUT2D eigenvalue weighted by Gasteiger charge is 2.24. The number of sulfonamides is 1. The molecule has 2 heterocycles. The van der Waals surface area contributed by atoms with E-state index in [4.69, 9.17) is 14.2 Å². The lowest BCUT2D eigenvalue weighted by molar-refractivity contribution is 0.0855. The number of carbonyl (C=O) groups is 1. The largest absolute Gasteiger partial charge is 0.493 e. The van der Waals surface area contributed by atoms with E-state index in [0.717, 1.165) is 0 Å². The third kappa shape index (κ3) is 7.70. The van der Waals surface area contributed by atoms with E-state index in [2.05, 4.69) is 9.97 Å². The Balaban J connectivity index is 0.00000380. The second kappa shape index (κ2) is 12.1. The van der Waals surface area contributed by atoms with E-state index >= 15 is 0 Å². The summed E-state index contributed by atoms with van der Waals surface area (Å²) in [5.74, 6) is -1.04. The summed E-state index contributed by atoms with van der Waals surface area (Å²) in [4.78, 5) is 21.4. The quantitative estimate of drug-likeness (QED) is 0.377. The molecule has 0 saturated carbocycles. The van der Waals surface area contributed by atoms with Gasteiger partial charge in [0.25, 0.3) is 15.9 Å². The molecule has 1 N–H and O–H groups in total. The van der Waals surface area contributed by atoms with Crippen molar-refractivity contribution in [3.05, 3.63) is 65.6 Å². The van der Waals surface area contributed by atoms with E-state index in [1.807, 2.05) is 18.6 Å². The van der Waals surface area contributed by atoms with Crippen LogP contribution in [0.1, 0.15) is 39.7 Å². The normalized spacial score (nSPS) is 12.3. The Labute approximate surface area is 219 Å². The summed E-state index contributed by atoms with van der Waals surface area (Å²) in [6.45, 7) is 7.89. The summed E-state index contributed by atoms with van der Waals surface area (Å²) in [6.07, 6.45) is -0.521. The van der Waals surface area contributed by atoms with Crippen LogP contribution in [0.2, 0.25) is 0 Å². The molecule has 1 aromatic carbocycles. The molecule has 0 aliphatic heterocycles. The first-order valence-electron chi connectivity index (χ1n) is 11.6. The molecule has 37 heavy (non-hydrogen) atoms. The molecule has 0 aliphatic carbocycles. The standard InChI is InChI=1S/C26H30FN3O6S.2H2/c1-16(2)14-35-21-12-19(11-20(27)13-21)23-10-9-22(26(29-23)36-18(4)15-34-5)25(31)30-37(32,33)24-8-6-7-17(3)28-24;;/h6-13,16,18H,14-15H2,1-5H3,(H,30,31);2*1H. The molecule has 3 rings (SSSR count). The first kappa shape index (κ1) is 28.0. The molecule has 202 valence electrons. The highest BCUT2D eigenvalue weighted by Crippen LogP contribution is 2.28. The van der Waals surface area contributed by atoms with Gasteiger partial charge >= 0.3 is 0 Å². The maximum atomic E-state index is 14.3. The number of methoxy groups -OCH3 is 1. The molecule has 0 aliphatic rings. The van der Waals surface area contributed by atoms with Crippen molar-refractivity contribution in [2.45, 2.75) is 38.8 Å². The minimum Gasteiger partial charge on any atom is -0.493 e. The molecule has 3 aromatic rings. The van der Waals surface area contributed by atoms with Crippen molar-refractivity contribution in [1.82, 2.24) is 14.7 Å². The van der Waals surface area contributed by atoms with Gasteiger partial charge in [0, 0.05) is 27.3 Å². The molecular formula is C26H34FN3O6S. The maximum absolute atomic E-state index is 14.3. The van der Waals surface area contributed by atoms with Crippen molar-refractivity contribution >= 4 is 15.9 Å². The van der Waals surface area contributed by atoms with E-state index in [1.165, 1.54) is 43.5 Å². The topological polar surface area (TPSA) is 117 Å². The van der Waals surface area contributed by atoms with E-state index < -0.39 is 27.9 Å². The van der Waals surface area contributed by atoms with Gasteiger partial charge in [0.1, 0.15) is 23.2 Å². The predicted octanol–water partition coefficient (Wildman–Crippen LogP) is 4.65. The van der Waals surface area contributed by atoms with Crippen molar-refractivity contribution in [2.24, 2.45) is 5.92 Å². The van der Waals surface area contributed by atoms with Crippen molar-refractivity contribution in [1.29, 1.82) is 0 Å². The lowest BCUT2D eigenvalue weighted by Crippen LogP contribution is -2.32. The molecule has 1 unspecified atom stereocenters. The Bertz CT molecular complexity index is 1380. The minimum absolute atomic E-state index is 0. The van der Waals surface area contributed by atoms with Crippen LogP contribution in [0, 0.1) is 18.7 Å². The van der Waals surface area contributed by atoms with Crippen LogP contribution in [0.15, 0.2) is 53.6 Å². The lowest BCUT2D eigenvalue weighted by atomic mass is 10.1. The number of ether oxygens (including phenoxy) is 3. The van der Waals surface area contributed by atoms with Crippen LogP contribution >= 0.6 is 0 Å². The summed E-state index contributed by atoms with van der Waals surface area (Å²) in [5, 5.41) is -0.297. The monoisotopic (exact) mass is 535 g/mol. The van der Waals surface area contributed by atoms with Gasteiger partial charge in [-0.15, -0.1) is 0 Å². The number of pyridine rings is 2. The highest BCUT2D eigenvalue weighted by molar-refractivity contribution is 7.90. The van der Waals surface area contributed by atoms with Crippen molar-refractivity contribution in [3.8, 4) is 22.9 Å². The SMILES string of the molecule is COCC(C)Oc1nc(-c2cc(F)cc(OCC(C)C)c2)ccc1C(=O)NS(=O)(=O)c1cccc(C)n1.[HH].[HH]. The van der Waals surface area contributed by atoms with Gasteiger partial charge in [-0.2, -0.15) is 8.42 Å². The van der Waals surface area contributed by atoms with E-state index in [0.29, 0.717) is 29.3 Å². The van der Waals surface area contributed by atoms with Gasteiger partial charge in [-0.25, -0.2) is 19.1 Å². The van der Waals surface area contributed by atoms with Crippen LogP contribution in [0.25, 0.3) is 11.3 Å². The van der Waals surface area contributed by atoms with Gasteiger partial charge in [-0.3, -0.25) is 4.79 Å². The third-order valence-electron chi connectivity index (χ3n) is 4.93. The van der Waals surface area contributed by atoms with Crippen LogP contribution in [0.3, 0.4) is 0 Å². The number of benzene rings is 1. The van der Waals surface area contributed by atoms with Crippen molar-refractivity contribution in [2.75, 3.05) is 20.3 Å². The molecule has 1 amide bonds. The van der Waals surface area contributed by atoms with Crippen LogP contribution in [-0.2, 0) is 14.8 Å². The molecule has 11 heteroatoms. The molecule has 1 atom stereocenters. The van der Waals surface area contributed by atoms with Gasteiger partial charge in [0.2, 0.25) is 5.88 Å². The fraction of sp³-hybridized carbons (Fsp3) is 0.346. The molecule has 0 spiro atoms. The second-order valence-electron chi connectivity index (χ2n) is 8.87. The molecule has 2 aromatic heterocycles. The average molecular weight is 536 g/mol. The summed E-state index contributed by atoms with van der Waals surface area (Å²) in [6, 6.07) is 11.5. The Hall–Kier alpha value is -3.57. The van der Waals surface area contributed by atoms with Crippen LogP contribution in [-0.4, -0.2) is 50.7 Å². The van der Waals surface area contributed by atoms with E-state index in [-0.39, 0.29) is 31.8 Å². The van der Waals surface area contributed by atoms with Gasteiger partial charge < -0.3 is 14.2 Å². The third-order valence-corrected chi connectivity index (χ3v) is 6.17. The first-order chi connectivity index (χ1) is 17.5. The lowest BCUT2D eigenvalue weighted by Gasteiger charge is -2.17. The number of nitrogens with one attached hydrogen (secondary N) is 1. The van der Waals surface area contributed by atoms with Gasteiger partial charge in [-0.05, 0) is 56.2 Å². The molecule has 9 nitrogen and oxygen atoms in total. The van der Waals surface area contributed by atoms with Gasteiger partial charge in [0.05, 0.1) is 18.9 Å². The number of hydrogen-bond acceptors (Lipinski definition) is 8. The predicted molar refractivity (Wildman–Crippen MR) is 140 cm³/mol. The van der Waals surface area contributed by atoms with E-state index in [9.17, 15) is 17.6 Å². The van der Waals surface area contributed by atoms with Gasteiger partial charge in [-0.1, -0.05) is 19.9 Å². The maximum Gasteiger partial charge on any atom is 0.281 e.